The van der Waals surface area contributed by atoms with E-state index >= 15 is 4.39 Å². The van der Waals surface area contributed by atoms with Gasteiger partial charge in [-0.05, 0) is 37.5 Å². The van der Waals surface area contributed by atoms with Crippen LogP contribution in [0, 0.1) is 25.6 Å². The number of nitrogens with one attached hydrogen (secondary N) is 1. The summed E-state index contributed by atoms with van der Waals surface area (Å²) in [4.78, 5) is 13.9. The second-order valence-corrected chi connectivity index (χ2v) is 8.57. The summed E-state index contributed by atoms with van der Waals surface area (Å²) in [7, 11) is 0. The van der Waals surface area contributed by atoms with Gasteiger partial charge in [0.15, 0.2) is 11.5 Å². The zero-order chi connectivity index (χ0) is 23.4. The molecule has 1 aliphatic carbocycles. The number of nitrogens with zero attached hydrogens (tertiary/aromatic N) is 3. The smallest absolute Gasteiger partial charge is 0.361 e. The first kappa shape index (κ1) is 22.5. The van der Waals surface area contributed by atoms with Crippen LogP contribution in [0.4, 0.5) is 37.7 Å². The molecule has 2 heterocycles. The number of carbonyl (C=O) groups is 1. The third-order valence-electron chi connectivity index (χ3n) is 6.02. The number of aryl methyl sites for hydroxylation is 1. The number of hydrogen-bond acceptors (Lipinski definition) is 3. The Hall–Kier alpha value is -2.72. The monoisotopic (exact) mass is 460 g/mol. The summed E-state index contributed by atoms with van der Waals surface area (Å²) < 4.78 is 81.2. The van der Waals surface area contributed by atoms with Crippen molar-refractivity contribution in [3.63, 3.8) is 0 Å². The molecule has 32 heavy (non-hydrogen) atoms. The van der Waals surface area contributed by atoms with Gasteiger partial charge in [0.05, 0.1) is 24.5 Å². The van der Waals surface area contributed by atoms with Gasteiger partial charge in [-0.3, -0.25) is 9.48 Å². The zero-order valence-corrected chi connectivity index (χ0v) is 17.5. The summed E-state index contributed by atoms with van der Waals surface area (Å²) in [6.07, 6.45) is -5.26. The van der Waals surface area contributed by atoms with E-state index in [4.69, 9.17) is 0 Å². The van der Waals surface area contributed by atoms with Crippen molar-refractivity contribution in [1.82, 2.24) is 9.78 Å². The Morgan fingerprint density at radius 2 is 1.91 bits per heavy atom. The van der Waals surface area contributed by atoms with E-state index < -0.39 is 35.4 Å². The van der Waals surface area contributed by atoms with Gasteiger partial charge in [0.25, 0.3) is 0 Å². The van der Waals surface area contributed by atoms with E-state index in [1.54, 1.807) is 11.8 Å². The fourth-order valence-electron chi connectivity index (χ4n) is 4.35. The number of benzene rings is 1. The topological polar surface area (TPSA) is 50.2 Å². The number of hydrogen-bond donors (Lipinski definition) is 1. The predicted octanol–water partition coefficient (Wildman–Crippen LogP) is 5.05. The number of carbonyl (C=O) groups excluding carboxylic acids is 1. The number of rotatable bonds is 4. The van der Waals surface area contributed by atoms with Crippen molar-refractivity contribution in [2.24, 2.45) is 5.92 Å². The van der Waals surface area contributed by atoms with E-state index in [9.17, 15) is 26.7 Å². The molecule has 1 N–H and O–H groups in total. The lowest BCUT2D eigenvalue weighted by molar-refractivity contribution is -0.141. The van der Waals surface area contributed by atoms with Crippen molar-refractivity contribution >= 4 is 17.3 Å². The zero-order valence-electron chi connectivity index (χ0n) is 17.5. The fourth-order valence-corrected chi connectivity index (χ4v) is 4.35. The molecular formula is C21H22F6N4O. The lowest BCUT2D eigenvalue weighted by Crippen LogP contribution is -2.37. The van der Waals surface area contributed by atoms with E-state index in [2.05, 4.69) is 10.4 Å². The first-order chi connectivity index (χ1) is 14.8. The molecule has 11 heteroatoms. The second-order valence-electron chi connectivity index (χ2n) is 8.57. The Balaban J connectivity index is 1.50. The van der Waals surface area contributed by atoms with E-state index in [0.717, 1.165) is 6.07 Å². The minimum Gasteiger partial charge on any atom is -0.361 e. The quantitative estimate of drug-likeness (QED) is 0.650. The van der Waals surface area contributed by atoms with Crippen molar-refractivity contribution in [3.8, 4) is 0 Å². The first-order valence-electron chi connectivity index (χ1n) is 10.2. The van der Waals surface area contributed by atoms with Crippen LogP contribution >= 0.6 is 0 Å². The standard InChI is InChI=1S/C21H22F6N4O/c1-11-5-15(30-3-4-31-14(10-30)7-16(29-31)21(25,26)27)18(22)12(2)19(11)28-17(32)6-13-8-20(23,24)9-13/h5,7,13H,3-4,6,8-10H2,1-2H3,(H,28,32). The molecule has 1 aliphatic heterocycles. The van der Waals surface area contributed by atoms with E-state index in [1.807, 2.05) is 0 Å². The molecule has 1 aromatic carbocycles. The van der Waals surface area contributed by atoms with Crippen LogP contribution in [0.25, 0.3) is 0 Å². The van der Waals surface area contributed by atoms with Gasteiger partial charge in [-0.2, -0.15) is 18.3 Å². The molecule has 0 radical (unpaired) electrons. The third-order valence-corrected chi connectivity index (χ3v) is 6.02. The summed E-state index contributed by atoms with van der Waals surface area (Å²) in [6.45, 7) is 3.67. The molecule has 1 aromatic heterocycles. The third kappa shape index (κ3) is 4.29. The first-order valence-corrected chi connectivity index (χ1v) is 10.2. The molecule has 1 amide bonds. The minimum absolute atomic E-state index is 0.0560. The molecule has 1 saturated carbocycles. The second kappa shape index (κ2) is 7.70. The molecule has 1 fully saturated rings. The van der Waals surface area contributed by atoms with Crippen molar-refractivity contribution in [1.29, 1.82) is 0 Å². The van der Waals surface area contributed by atoms with E-state index in [1.165, 1.54) is 17.7 Å². The molecule has 0 spiro atoms. The van der Waals surface area contributed by atoms with Gasteiger partial charge in [-0.1, -0.05) is 0 Å². The number of anilines is 2. The SMILES string of the molecule is Cc1cc(N2CCn3nc(C(F)(F)F)cc3C2)c(F)c(C)c1NC(=O)CC1CC(F)(F)C1. The molecule has 2 aromatic rings. The van der Waals surface area contributed by atoms with Crippen molar-refractivity contribution in [2.45, 2.75) is 58.3 Å². The molecule has 0 bridgehead atoms. The van der Waals surface area contributed by atoms with Crippen LogP contribution in [0.15, 0.2) is 12.1 Å². The molecule has 174 valence electrons. The Kier molecular flexibility index (Phi) is 5.41. The predicted molar refractivity (Wildman–Crippen MR) is 105 cm³/mol. The van der Waals surface area contributed by atoms with Gasteiger partial charge < -0.3 is 10.2 Å². The van der Waals surface area contributed by atoms with Crippen LogP contribution in [0.2, 0.25) is 0 Å². The highest BCUT2D eigenvalue weighted by Crippen LogP contribution is 2.44. The van der Waals surface area contributed by atoms with Crippen LogP contribution in [0.5, 0.6) is 0 Å². The Labute approximate surface area is 180 Å². The maximum atomic E-state index is 15.2. The number of amides is 1. The lowest BCUT2D eigenvalue weighted by Gasteiger charge is -2.34. The van der Waals surface area contributed by atoms with Gasteiger partial charge >= 0.3 is 6.18 Å². The summed E-state index contributed by atoms with van der Waals surface area (Å²) >= 11 is 0. The van der Waals surface area contributed by atoms with E-state index in [-0.39, 0.29) is 55.8 Å². The van der Waals surface area contributed by atoms with Crippen LogP contribution in [-0.2, 0) is 24.1 Å². The average molecular weight is 460 g/mol. The van der Waals surface area contributed by atoms with Crippen LogP contribution in [-0.4, -0.2) is 28.2 Å². The minimum atomic E-state index is -4.55. The Morgan fingerprint density at radius 3 is 2.53 bits per heavy atom. The van der Waals surface area contributed by atoms with Crippen molar-refractivity contribution in [2.75, 3.05) is 16.8 Å². The fraction of sp³-hybridized carbons (Fsp3) is 0.524. The number of aromatic nitrogens is 2. The Morgan fingerprint density at radius 1 is 1.22 bits per heavy atom. The summed E-state index contributed by atoms with van der Waals surface area (Å²) in [5.74, 6) is -4.15. The molecule has 0 unspecified atom stereocenters. The largest absolute Gasteiger partial charge is 0.435 e. The summed E-state index contributed by atoms with van der Waals surface area (Å²) in [5, 5.41) is 6.21. The molecule has 0 saturated heterocycles. The highest BCUT2D eigenvalue weighted by molar-refractivity contribution is 5.93. The maximum Gasteiger partial charge on any atom is 0.435 e. The van der Waals surface area contributed by atoms with Crippen LogP contribution < -0.4 is 10.2 Å². The number of fused-ring (bicyclic) bond motifs is 1. The number of halogens is 6. The highest BCUT2D eigenvalue weighted by Gasteiger charge is 2.45. The van der Waals surface area contributed by atoms with Crippen molar-refractivity contribution in [3.05, 3.63) is 40.5 Å². The van der Waals surface area contributed by atoms with Gasteiger partial charge in [0.1, 0.15) is 0 Å². The Bertz CT molecular complexity index is 1050. The number of alkyl halides is 5. The molecular weight excluding hydrogens is 438 g/mol. The van der Waals surface area contributed by atoms with Gasteiger partial charge in [0.2, 0.25) is 11.8 Å². The average Bonchev–Trinajstić information content (AvgIpc) is 3.10. The van der Waals surface area contributed by atoms with Gasteiger partial charge in [-0.25, -0.2) is 13.2 Å². The normalized spacial score (nSPS) is 18.3. The molecule has 5 nitrogen and oxygen atoms in total. The molecule has 4 rings (SSSR count). The highest BCUT2D eigenvalue weighted by atomic mass is 19.4. The maximum absolute atomic E-state index is 15.2. The van der Waals surface area contributed by atoms with Crippen LogP contribution in [0.3, 0.4) is 0 Å². The van der Waals surface area contributed by atoms with Gasteiger partial charge in [0, 0.05) is 37.1 Å². The van der Waals surface area contributed by atoms with E-state index in [0.29, 0.717) is 11.3 Å². The molecule has 2 aliphatic rings. The summed E-state index contributed by atoms with van der Waals surface area (Å²) in [5.41, 5.74) is 0.599. The lowest BCUT2D eigenvalue weighted by atomic mass is 9.79. The van der Waals surface area contributed by atoms with Gasteiger partial charge in [-0.15, -0.1) is 0 Å². The van der Waals surface area contributed by atoms with Crippen LogP contribution in [0.1, 0.15) is 41.8 Å². The molecule has 0 atom stereocenters. The van der Waals surface area contributed by atoms with Crippen molar-refractivity contribution < 1.29 is 31.1 Å². The summed E-state index contributed by atoms with van der Waals surface area (Å²) in [6, 6.07) is 2.49.